The first-order valence-electron chi connectivity index (χ1n) is 5.09. The smallest absolute Gasteiger partial charge is 0.221 e. The van der Waals surface area contributed by atoms with Gasteiger partial charge >= 0.3 is 0 Å². The van der Waals surface area contributed by atoms with E-state index in [1.54, 1.807) is 6.07 Å². The minimum Gasteiger partial charge on any atom is -0.384 e. The number of hydrogen-bond donors (Lipinski definition) is 2. The van der Waals surface area contributed by atoms with E-state index < -0.39 is 0 Å². The molecule has 88 valence electrons. The highest BCUT2D eigenvalue weighted by Gasteiger charge is 2.00. The Morgan fingerprint density at radius 2 is 2.25 bits per heavy atom. The third kappa shape index (κ3) is 4.41. The van der Waals surface area contributed by atoms with Crippen molar-refractivity contribution in [1.29, 1.82) is 0 Å². The zero-order valence-corrected chi connectivity index (χ0v) is 11.4. The molecule has 2 N–H and O–H groups in total. The SMILES string of the molecule is CCNC(=O)CCNc1ccc(Cl)c(Br)c1. The van der Waals surface area contributed by atoms with Crippen molar-refractivity contribution >= 4 is 39.1 Å². The molecule has 16 heavy (non-hydrogen) atoms. The van der Waals surface area contributed by atoms with Gasteiger partial charge in [0.1, 0.15) is 0 Å². The first-order valence-corrected chi connectivity index (χ1v) is 6.26. The number of hydrogen-bond acceptors (Lipinski definition) is 2. The summed E-state index contributed by atoms with van der Waals surface area (Å²) < 4.78 is 0.845. The standard InChI is InChI=1S/C11H14BrClN2O/c1-2-14-11(16)5-6-15-8-3-4-10(13)9(12)7-8/h3-4,7,15H,2,5-6H2,1H3,(H,14,16). The van der Waals surface area contributed by atoms with Crippen molar-refractivity contribution < 1.29 is 4.79 Å². The van der Waals surface area contributed by atoms with E-state index in [0.717, 1.165) is 10.2 Å². The lowest BCUT2D eigenvalue weighted by Crippen LogP contribution is -2.24. The lowest BCUT2D eigenvalue weighted by molar-refractivity contribution is -0.120. The fraction of sp³-hybridized carbons (Fsp3) is 0.364. The summed E-state index contributed by atoms with van der Waals surface area (Å²) in [6, 6.07) is 5.57. The fourth-order valence-corrected chi connectivity index (χ4v) is 1.71. The van der Waals surface area contributed by atoms with E-state index in [1.807, 2.05) is 19.1 Å². The van der Waals surface area contributed by atoms with E-state index >= 15 is 0 Å². The topological polar surface area (TPSA) is 41.1 Å². The van der Waals surface area contributed by atoms with Gasteiger partial charge in [-0.2, -0.15) is 0 Å². The molecule has 0 spiro atoms. The van der Waals surface area contributed by atoms with Gasteiger partial charge in [0.15, 0.2) is 0 Å². The largest absolute Gasteiger partial charge is 0.384 e. The number of nitrogens with one attached hydrogen (secondary N) is 2. The number of benzene rings is 1. The van der Waals surface area contributed by atoms with Gasteiger partial charge in [-0.25, -0.2) is 0 Å². The lowest BCUT2D eigenvalue weighted by atomic mass is 10.3. The normalized spacial score (nSPS) is 9.94. The molecule has 1 aromatic rings. The lowest BCUT2D eigenvalue weighted by Gasteiger charge is -2.07. The number of carbonyl (C=O) groups excluding carboxylic acids is 1. The Labute approximate surface area is 109 Å². The molecule has 3 nitrogen and oxygen atoms in total. The Hall–Kier alpha value is -0.740. The maximum Gasteiger partial charge on any atom is 0.221 e. The van der Waals surface area contributed by atoms with Crippen LogP contribution in [0.3, 0.4) is 0 Å². The van der Waals surface area contributed by atoms with Gasteiger partial charge < -0.3 is 10.6 Å². The molecular formula is C11H14BrClN2O. The second-order valence-electron chi connectivity index (χ2n) is 3.26. The van der Waals surface area contributed by atoms with Crippen molar-refractivity contribution in [1.82, 2.24) is 5.32 Å². The Morgan fingerprint density at radius 3 is 2.88 bits per heavy atom. The molecule has 1 aromatic carbocycles. The van der Waals surface area contributed by atoms with E-state index in [1.165, 1.54) is 0 Å². The van der Waals surface area contributed by atoms with Gasteiger partial charge in [0, 0.05) is 29.7 Å². The average Bonchev–Trinajstić information content (AvgIpc) is 2.24. The van der Waals surface area contributed by atoms with Crippen LogP contribution in [0.15, 0.2) is 22.7 Å². The van der Waals surface area contributed by atoms with Gasteiger partial charge in [-0.1, -0.05) is 11.6 Å². The summed E-state index contributed by atoms with van der Waals surface area (Å²) in [6.07, 6.45) is 0.466. The number of halogens is 2. The molecule has 0 aromatic heterocycles. The summed E-state index contributed by atoms with van der Waals surface area (Å²) in [4.78, 5) is 11.2. The predicted molar refractivity (Wildman–Crippen MR) is 70.9 cm³/mol. The van der Waals surface area contributed by atoms with Crippen LogP contribution < -0.4 is 10.6 Å². The molecule has 0 fully saturated rings. The van der Waals surface area contributed by atoms with Gasteiger partial charge in [0.25, 0.3) is 0 Å². The number of carbonyl (C=O) groups is 1. The van der Waals surface area contributed by atoms with E-state index in [9.17, 15) is 4.79 Å². The molecule has 0 unspecified atom stereocenters. The quantitative estimate of drug-likeness (QED) is 0.878. The van der Waals surface area contributed by atoms with E-state index in [0.29, 0.717) is 24.5 Å². The van der Waals surface area contributed by atoms with Crippen LogP contribution in [0.4, 0.5) is 5.69 Å². The van der Waals surface area contributed by atoms with Crippen LogP contribution in [-0.4, -0.2) is 19.0 Å². The fourth-order valence-electron chi connectivity index (χ4n) is 1.21. The third-order valence-electron chi connectivity index (χ3n) is 1.97. The first kappa shape index (κ1) is 13.3. The highest BCUT2D eigenvalue weighted by atomic mass is 79.9. The molecule has 1 amide bonds. The molecule has 0 aliphatic carbocycles. The second-order valence-corrected chi connectivity index (χ2v) is 4.52. The molecule has 0 aliphatic heterocycles. The summed E-state index contributed by atoms with van der Waals surface area (Å²) in [7, 11) is 0. The van der Waals surface area contributed by atoms with Crippen LogP contribution in [0.1, 0.15) is 13.3 Å². The Morgan fingerprint density at radius 1 is 1.50 bits per heavy atom. The van der Waals surface area contributed by atoms with Crippen molar-refractivity contribution in [2.24, 2.45) is 0 Å². The van der Waals surface area contributed by atoms with Crippen LogP contribution in [0, 0.1) is 0 Å². The minimum absolute atomic E-state index is 0.0584. The summed E-state index contributed by atoms with van der Waals surface area (Å²) in [5, 5.41) is 6.57. The van der Waals surface area contributed by atoms with Crippen molar-refractivity contribution in [2.75, 3.05) is 18.4 Å². The van der Waals surface area contributed by atoms with Gasteiger partial charge in [-0.3, -0.25) is 4.79 Å². The molecule has 0 heterocycles. The maximum atomic E-state index is 11.2. The molecule has 0 bridgehead atoms. The average molecular weight is 306 g/mol. The Kier molecular flexibility index (Phi) is 5.63. The second kappa shape index (κ2) is 6.76. The molecule has 0 saturated heterocycles. The van der Waals surface area contributed by atoms with E-state index in [-0.39, 0.29) is 5.91 Å². The number of amides is 1. The van der Waals surface area contributed by atoms with Crippen LogP contribution in [0.2, 0.25) is 5.02 Å². The summed E-state index contributed by atoms with van der Waals surface area (Å²) in [5.74, 6) is 0.0584. The predicted octanol–water partition coefficient (Wildman–Crippen LogP) is 3.04. The summed E-state index contributed by atoms with van der Waals surface area (Å²) in [5.41, 5.74) is 0.945. The number of anilines is 1. The molecule has 5 heteroatoms. The molecular weight excluding hydrogens is 291 g/mol. The van der Waals surface area contributed by atoms with Gasteiger partial charge in [0.2, 0.25) is 5.91 Å². The van der Waals surface area contributed by atoms with Gasteiger partial charge in [0.05, 0.1) is 5.02 Å². The summed E-state index contributed by atoms with van der Waals surface area (Å²) >= 11 is 9.21. The molecule has 0 radical (unpaired) electrons. The monoisotopic (exact) mass is 304 g/mol. The molecule has 0 atom stereocenters. The highest BCUT2D eigenvalue weighted by Crippen LogP contribution is 2.25. The van der Waals surface area contributed by atoms with Crippen molar-refractivity contribution in [3.63, 3.8) is 0 Å². The maximum absolute atomic E-state index is 11.2. The van der Waals surface area contributed by atoms with Crippen molar-refractivity contribution in [2.45, 2.75) is 13.3 Å². The zero-order chi connectivity index (χ0) is 12.0. The van der Waals surface area contributed by atoms with Crippen molar-refractivity contribution in [3.05, 3.63) is 27.7 Å². The van der Waals surface area contributed by atoms with Gasteiger partial charge in [-0.15, -0.1) is 0 Å². The van der Waals surface area contributed by atoms with Gasteiger partial charge in [-0.05, 0) is 41.1 Å². The molecule has 0 saturated carbocycles. The van der Waals surface area contributed by atoms with E-state index in [4.69, 9.17) is 11.6 Å². The Balaban J connectivity index is 2.37. The van der Waals surface area contributed by atoms with Crippen LogP contribution in [0.5, 0.6) is 0 Å². The van der Waals surface area contributed by atoms with Crippen LogP contribution >= 0.6 is 27.5 Å². The van der Waals surface area contributed by atoms with Crippen molar-refractivity contribution in [3.8, 4) is 0 Å². The third-order valence-corrected chi connectivity index (χ3v) is 3.19. The number of rotatable bonds is 5. The highest BCUT2D eigenvalue weighted by molar-refractivity contribution is 9.10. The van der Waals surface area contributed by atoms with Crippen LogP contribution in [-0.2, 0) is 4.79 Å². The minimum atomic E-state index is 0.0584. The van der Waals surface area contributed by atoms with E-state index in [2.05, 4.69) is 26.6 Å². The van der Waals surface area contributed by atoms with Crippen LogP contribution in [0.25, 0.3) is 0 Å². The Bertz CT molecular complexity index is 371. The molecule has 0 aliphatic rings. The first-order chi connectivity index (χ1) is 7.63. The zero-order valence-electron chi connectivity index (χ0n) is 9.02. The molecule has 1 rings (SSSR count). The summed E-state index contributed by atoms with van der Waals surface area (Å²) in [6.45, 7) is 3.19.